The van der Waals surface area contributed by atoms with Gasteiger partial charge in [0, 0.05) is 25.3 Å². The SMILES string of the molecule is COc1ccc(NC[C@H](C)C(=O)N2CCOCC2)cc1. The lowest BCUT2D eigenvalue weighted by atomic mass is 10.1. The van der Waals surface area contributed by atoms with Crippen molar-refractivity contribution in [2.24, 2.45) is 5.92 Å². The van der Waals surface area contributed by atoms with Crippen molar-refractivity contribution in [1.82, 2.24) is 4.90 Å². The Kier molecular flexibility index (Phi) is 5.24. The third-order valence-corrected chi connectivity index (χ3v) is 3.45. The standard InChI is InChI=1S/C15H22N2O3/c1-12(15(18)17-7-9-20-10-8-17)11-16-13-3-5-14(19-2)6-4-13/h3-6,12,16H,7-11H2,1-2H3/t12-/m0/s1. The molecule has 5 nitrogen and oxygen atoms in total. The summed E-state index contributed by atoms with van der Waals surface area (Å²) in [6.45, 7) is 5.27. The summed E-state index contributed by atoms with van der Waals surface area (Å²) in [6, 6.07) is 7.70. The van der Waals surface area contributed by atoms with E-state index in [0.29, 0.717) is 32.8 Å². The minimum Gasteiger partial charge on any atom is -0.497 e. The second kappa shape index (κ2) is 7.14. The Labute approximate surface area is 119 Å². The van der Waals surface area contributed by atoms with Crippen LogP contribution in [0.3, 0.4) is 0 Å². The van der Waals surface area contributed by atoms with E-state index in [2.05, 4.69) is 5.32 Å². The molecule has 0 aromatic heterocycles. The number of hydrogen-bond donors (Lipinski definition) is 1. The Balaban J connectivity index is 1.81. The van der Waals surface area contributed by atoms with E-state index in [-0.39, 0.29) is 11.8 Å². The molecule has 0 radical (unpaired) electrons. The van der Waals surface area contributed by atoms with Crippen LogP contribution in [0.4, 0.5) is 5.69 Å². The molecule has 0 bridgehead atoms. The number of nitrogens with one attached hydrogen (secondary N) is 1. The number of methoxy groups -OCH3 is 1. The van der Waals surface area contributed by atoms with Crippen LogP contribution in [-0.4, -0.2) is 50.8 Å². The highest BCUT2D eigenvalue weighted by atomic mass is 16.5. The lowest BCUT2D eigenvalue weighted by Gasteiger charge is -2.29. The largest absolute Gasteiger partial charge is 0.497 e. The number of carbonyl (C=O) groups is 1. The smallest absolute Gasteiger partial charge is 0.227 e. The molecule has 1 aromatic carbocycles. The number of nitrogens with zero attached hydrogens (tertiary/aromatic N) is 1. The van der Waals surface area contributed by atoms with Crippen LogP contribution in [0.5, 0.6) is 5.75 Å². The van der Waals surface area contributed by atoms with Crippen LogP contribution in [0.2, 0.25) is 0 Å². The number of carbonyl (C=O) groups excluding carboxylic acids is 1. The molecule has 1 aromatic rings. The minimum atomic E-state index is -0.0461. The van der Waals surface area contributed by atoms with Crippen molar-refractivity contribution in [2.75, 3.05) is 45.3 Å². The summed E-state index contributed by atoms with van der Waals surface area (Å²) in [6.07, 6.45) is 0. The van der Waals surface area contributed by atoms with E-state index >= 15 is 0 Å². The zero-order valence-electron chi connectivity index (χ0n) is 12.1. The van der Waals surface area contributed by atoms with Crippen LogP contribution in [0.25, 0.3) is 0 Å². The van der Waals surface area contributed by atoms with Gasteiger partial charge in [-0.2, -0.15) is 0 Å². The van der Waals surface area contributed by atoms with Crippen LogP contribution in [-0.2, 0) is 9.53 Å². The highest BCUT2D eigenvalue weighted by molar-refractivity contribution is 5.79. The van der Waals surface area contributed by atoms with Gasteiger partial charge < -0.3 is 19.7 Å². The summed E-state index contributed by atoms with van der Waals surface area (Å²) < 4.78 is 10.4. The van der Waals surface area contributed by atoms with Gasteiger partial charge >= 0.3 is 0 Å². The maximum atomic E-state index is 12.2. The lowest BCUT2D eigenvalue weighted by Crippen LogP contribution is -2.44. The molecule has 1 saturated heterocycles. The molecule has 1 fully saturated rings. The topological polar surface area (TPSA) is 50.8 Å². The highest BCUT2D eigenvalue weighted by Crippen LogP contribution is 2.15. The van der Waals surface area contributed by atoms with Crippen molar-refractivity contribution in [3.05, 3.63) is 24.3 Å². The fourth-order valence-corrected chi connectivity index (χ4v) is 2.16. The zero-order valence-corrected chi connectivity index (χ0v) is 12.1. The van der Waals surface area contributed by atoms with Gasteiger partial charge in [-0.25, -0.2) is 0 Å². The first kappa shape index (κ1) is 14.7. The van der Waals surface area contributed by atoms with Crippen LogP contribution < -0.4 is 10.1 Å². The first-order valence-corrected chi connectivity index (χ1v) is 6.95. The lowest BCUT2D eigenvalue weighted by molar-refractivity contribution is -0.138. The third-order valence-electron chi connectivity index (χ3n) is 3.45. The molecule has 1 amide bonds. The second-order valence-electron chi connectivity index (χ2n) is 4.95. The number of rotatable bonds is 5. The fraction of sp³-hybridized carbons (Fsp3) is 0.533. The van der Waals surface area contributed by atoms with Crippen molar-refractivity contribution in [3.8, 4) is 5.75 Å². The first-order valence-electron chi connectivity index (χ1n) is 6.95. The van der Waals surface area contributed by atoms with Crippen LogP contribution in [0, 0.1) is 5.92 Å². The molecule has 5 heteroatoms. The van der Waals surface area contributed by atoms with E-state index in [1.54, 1.807) is 7.11 Å². The first-order chi connectivity index (χ1) is 9.70. The molecule has 2 rings (SSSR count). The Morgan fingerprint density at radius 2 is 2.00 bits per heavy atom. The number of benzene rings is 1. The molecule has 0 saturated carbocycles. The van der Waals surface area contributed by atoms with Gasteiger partial charge in [0.25, 0.3) is 0 Å². The van der Waals surface area contributed by atoms with Crippen molar-refractivity contribution < 1.29 is 14.3 Å². The monoisotopic (exact) mass is 278 g/mol. The molecule has 1 atom stereocenters. The van der Waals surface area contributed by atoms with E-state index < -0.39 is 0 Å². The number of morpholine rings is 1. The van der Waals surface area contributed by atoms with Gasteiger partial charge in [0.2, 0.25) is 5.91 Å². The number of amides is 1. The van der Waals surface area contributed by atoms with Crippen molar-refractivity contribution in [1.29, 1.82) is 0 Å². The molecule has 1 aliphatic heterocycles. The summed E-state index contributed by atoms with van der Waals surface area (Å²) in [5.41, 5.74) is 0.993. The minimum absolute atomic E-state index is 0.0461. The maximum Gasteiger partial charge on any atom is 0.227 e. The van der Waals surface area contributed by atoms with Gasteiger partial charge in [0.05, 0.1) is 26.2 Å². The zero-order chi connectivity index (χ0) is 14.4. The number of anilines is 1. The molecule has 1 aliphatic rings. The third kappa shape index (κ3) is 3.87. The van der Waals surface area contributed by atoms with Crippen molar-refractivity contribution >= 4 is 11.6 Å². The normalized spacial score (nSPS) is 16.6. The molecule has 1 heterocycles. The summed E-state index contributed by atoms with van der Waals surface area (Å²) in [5.74, 6) is 0.970. The summed E-state index contributed by atoms with van der Waals surface area (Å²) in [4.78, 5) is 14.1. The van der Waals surface area contributed by atoms with Gasteiger partial charge in [-0.05, 0) is 24.3 Å². The Morgan fingerprint density at radius 1 is 1.35 bits per heavy atom. The van der Waals surface area contributed by atoms with Gasteiger partial charge in [-0.3, -0.25) is 4.79 Å². The van der Waals surface area contributed by atoms with Crippen LogP contribution >= 0.6 is 0 Å². The van der Waals surface area contributed by atoms with Gasteiger partial charge in [0.15, 0.2) is 0 Å². The van der Waals surface area contributed by atoms with Gasteiger partial charge in [0.1, 0.15) is 5.75 Å². The highest BCUT2D eigenvalue weighted by Gasteiger charge is 2.22. The van der Waals surface area contributed by atoms with E-state index in [4.69, 9.17) is 9.47 Å². The molecule has 0 aliphatic carbocycles. The van der Waals surface area contributed by atoms with E-state index in [9.17, 15) is 4.79 Å². The maximum absolute atomic E-state index is 12.2. The molecular formula is C15H22N2O3. The molecule has 0 spiro atoms. The molecule has 0 unspecified atom stereocenters. The predicted molar refractivity (Wildman–Crippen MR) is 78.0 cm³/mol. The molecular weight excluding hydrogens is 256 g/mol. The Hall–Kier alpha value is -1.75. The van der Waals surface area contributed by atoms with Crippen molar-refractivity contribution in [3.63, 3.8) is 0 Å². The average Bonchev–Trinajstić information content (AvgIpc) is 2.53. The van der Waals surface area contributed by atoms with Gasteiger partial charge in [-0.1, -0.05) is 6.92 Å². The van der Waals surface area contributed by atoms with Crippen molar-refractivity contribution in [2.45, 2.75) is 6.92 Å². The second-order valence-corrected chi connectivity index (χ2v) is 4.95. The number of ether oxygens (including phenoxy) is 2. The molecule has 20 heavy (non-hydrogen) atoms. The summed E-state index contributed by atoms with van der Waals surface area (Å²) in [5, 5.41) is 3.28. The van der Waals surface area contributed by atoms with Crippen LogP contribution in [0.1, 0.15) is 6.92 Å². The number of hydrogen-bond acceptors (Lipinski definition) is 4. The summed E-state index contributed by atoms with van der Waals surface area (Å²) in [7, 11) is 1.64. The fourth-order valence-electron chi connectivity index (χ4n) is 2.16. The Bertz CT molecular complexity index is 427. The predicted octanol–water partition coefficient (Wildman–Crippen LogP) is 1.60. The average molecular weight is 278 g/mol. The molecule has 110 valence electrons. The van der Waals surface area contributed by atoms with E-state index in [1.807, 2.05) is 36.1 Å². The van der Waals surface area contributed by atoms with Crippen LogP contribution in [0.15, 0.2) is 24.3 Å². The molecule has 1 N–H and O–H groups in total. The Morgan fingerprint density at radius 3 is 2.60 bits per heavy atom. The van der Waals surface area contributed by atoms with E-state index in [1.165, 1.54) is 0 Å². The van der Waals surface area contributed by atoms with Gasteiger partial charge in [-0.15, -0.1) is 0 Å². The van der Waals surface area contributed by atoms with E-state index in [0.717, 1.165) is 11.4 Å². The quantitative estimate of drug-likeness (QED) is 0.889. The summed E-state index contributed by atoms with van der Waals surface area (Å²) >= 11 is 0.